The van der Waals surface area contributed by atoms with Gasteiger partial charge < -0.3 is 10.1 Å². The van der Waals surface area contributed by atoms with E-state index >= 15 is 0 Å². The largest absolute Gasteiger partial charge is 0.383 e. The smallest absolute Gasteiger partial charge is 0.255 e. The molecule has 9 heteroatoms. The van der Waals surface area contributed by atoms with E-state index in [1.54, 1.807) is 18.3 Å². The van der Waals surface area contributed by atoms with Crippen LogP contribution in [0.25, 0.3) is 0 Å². The quantitative estimate of drug-likeness (QED) is 0.824. The number of ether oxygens (including phenoxy) is 1. The Labute approximate surface area is 150 Å². The van der Waals surface area contributed by atoms with E-state index in [2.05, 4.69) is 20.5 Å². The summed E-state index contributed by atoms with van der Waals surface area (Å²) in [6, 6.07) is 0. The highest BCUT2D eigenvalue weighted by Crippen LogP contribution is 2.39. The summed E-state index contributed by atoms with van der Waals surface area (Å²) in [4.78, 5) is 31.2. The van der Waals surface area contributed by atoms with Crippen molar-refractivity contribution in [2.45, 2.75) is 44.6 Å². The number of aliphatic imine (C=N–C) groups is 1. The minimum absolute atomic E-state index is 0.0279. The molecule has 0 radical (unpaired) electrons. The first kappa shape index (κ1) is 17.9. The van der Waals surface area contributed by atoms with Gasteiger partial charge in [-0.05, 0) is 32.1 Å². The number of rotatable bonds is 6. The van der Waals surface area contributed by atoms with Gasteiger partial charge in [0.2, 0.25) is 11.0 Å². The molecule has 1 aromatic rings. The second kappa shape index (κ2) is 7.57. The molecule has 1 spiro atoms. The van der Waals surface area contributed by atoms with Crippen molar-refractivity contribution in [3.05, 3.63) is 5.01 Å². The Bertz CT molecular complexity index is 666. The number of hydrogen-bond acceptors (Lipinski definition) is 7. The maximum Gasteiger partial charge on any atom is 0.255 e. The van der Waals surface area contributed by atoms with Crippen LogP contribution in [0.2, 0.25) is 0 Å². The summed E-state index contributed by atoms with van der Waals surface area (Å²) >= 11 is 1.40. The molecule has 1 aliphatic carbocycles. The number of anilines is 1. The molecule has 3 rings (SSSR count). The van der Waals surface area contributed by atoms with Crippen LogP contribution < -0.4 is 5.32 Å². The second-order valence-corrected chi connectivity index (χ2v) is 7.45. The predicted molar refractivity (Wildman–Crippen MR) is 94.7 cm³/mol. The van der Waals surface area contributed by atoms with Gasteiger partial charge in [0.05, 0.1) is 19.5 Å². The van der Waals surface area contributed by atoms with E-state index in [9.17, 15) is 9.59 Å². The highest BCUT2D eigenvalue weighted by Gasteiger charge is 2.47. The van der Waals surface area contributed by atoms with E-state index in [4.69, 9.17) is 4.74 Å². The minimum Gasteiger partial charge on any atom is -0.383 e. The summed E-state index contributed by atoms with van der Waals surface area (Å²) in [6.07, 6.45) is 4.91. The first-order chi connectivity index (χ1) is 12.1. The van der Waals surface area contributed by atoms with Crippen LogP contribution in [-0.2, 0) is 20.7 Å². The monoisotopic (exact) mass is 365 g/mol. The summed E-state index contributed by atoms with van der Waals surface area (Å²) in [5.74, 6) is -0.130. The Morgan fingerprint density at radius 3 is 2.84 bits per heavy atom. The SMILES string of the molecule is CCc1nnc(NC(=O)C2CCC3(CC2)N=CN(CCOC)C3=O)s1. The molecule has 0 unspecified atom stereocenters. The number of nitrogens with zero attached hydrogens (tertiary/aromatic N) is 4. The third-order valence-electron chi connectivity index (χ3n) is 4.82. The summed E-state index contributed by atoms with van der Waals surface area (Å²) in [6.45, 7) is 3.00. The van der Waals surface area contributed by atoms with Crippen LogP contribution in [0.5, 0.6) is 0 Å². The van der Waals surface area contributed by atoms with E-state index in [-0.39, 0.29) is 17.7 Å². The van der Waals surface area contributed by atoms with Crippen LogP contribution in [0.3, 0.4) is 0 Å². The Morgan fingerprint density at radius 2 is 2.20 bits per heavy atom. The van der Waals surface area contributed by atoms with Crippen molar-refractivity contribution in [1.82, 2.24) is 15.1 Å². The standard InChI is InChI=1S/C16H23N5O3S/c1-3-12-19-20-15(25-12)18-13(22)11-4-6-16(7-5-11)14(23)21(10-17-16)8-9-24-2/h10-11H,3-9H2,1-2H3,(H,18,20,22). The summed E-state index contributed by atoms with van der Waals surface area (Å²) < 4.78 is 5.02. The number of hydrogen-bond donors (Lipinski definition) is 1. The van der Waals surface area contributed by atoms with Gasteiger partial charge in [-0.3, -0.25) is 19.5 Å². The lowest BCUT2D eigenvalue weighted by molar-refractivity contribution is -0.134. The predicted octanol–water partition coefficient (Wildman–Crippen LogP) is 1.48. The molecular formula is C16H23N5O3S. The van der Waals surface area contributed by atoms with Crippen molar-refractivity contribution >= 4 is 34.6 Å². The highest BCUT2D eigenvalue weighted by molar-refractivity contribution is 7.15. The zero-order chi connectivity index (χ0) is 17.9. The van der Waals surface area contributed by atoms with Crippen LogP contribution in [0, 0.1) is 5.92 Å². The molecule has 136 valence electrons. The molecule has 2 aliphatic rings. The minimum atomic E-state index is -0.678. The van der Waals surface area contributed by atoms with Gasteiger partial charge in [-0.25, -0.2) is 0 Å². The zero-order valence-corrected chi connectivity index (χ0v) is 15.3. The zero-order valence-electron chi connectivity index (χ0n) is 14.5. The maximum absolute atomic E-state index is 12.6. The van der Waals surface area contributed by atoms with E-state index < -0.39 is 5.54 Å². The highest BCUT2D eigenvalue weighted by atomic mass is 32.1. The number of aryl methyl sites for hydroxylation is 1. The normalized spacial score (nSPS) is 25.8. The molecule has 1 N–H and O–H groups in total. The van der Waals surface area contributed by atoms with Crippen molar-refractivity contribution in [3.63, 3.8) is 0 Å². The van der Waals surface area contributed by atoms with Crippen LogP contribution in [-0.4, -0.2) is 59.1 Å². The van der Waals surface area contributed by atoms with Crippen LogP contribution in [0.4, 0.5) is 5.13 Å². The fourth-order valence-electron chi connectivity index (χ4n) is 3.26. The lowest BCUT2D eigenvalue weighted by atomic mass is 9.76. The van der Waals surface area contributed by atoms with Crippen LogP contribution in [0.15, 0.2) is 4.99 Å². The fraction of sp³-hybridized carbons (Fsp3) is 0.688. The number of carbonyl (C=O) groups is 2. The average molecular weight is 365 g/mol. The molecular weight excluding hydrogens is 342 g/mol. The maximum atomic E-state index is 12.6. The Kier molecular flexibility index (Phi) is 5.43. The number of carbonyl (C=O) groups excluding carboxylic acids is 2. The van der Waals surface area contributed by atoms with Crippen molar-refractivity contribution < 1.29 is 14.3 Å². The van der Waals surface area contributed by atoms with Gasteiger partial charge in [-0.15, -0.1) is 10.2 Å². The van der Waals surface area contributed by atoms with Gasteiger partial charge >= 0.3 is 0 Å². The van der Waals surface area contributed by atoms with Gasteiger partial charge in [-0.1, -0.05) is 18.3 Å². The average Bonchev–Trinajstić information content (AvgIpc) is 3.20. The molecule has 1 aromatic heterocycles. The Morgan fingerprint density at radius 1 is 1.44 bits per heavy atom. The van der Waals surface area contributed by atoms with E-state index in [1.165, 1.54) is 11.3 Å². The molecule has 1 aliphatic heterocycles. The second-order valence-electron chi connectivity index (χ2n) is 6.39. The molecule has 2 heterocycles. The first-order valence-electron chi connectivity index (χ1n) is 8.56. The van der Waals surface area contributed by atoms with E-state index in [1.807, 2.05) is 6.92 Å². The first-order valence-corrected chi connectivity index (χ1v) is 9.38. The van der Waals surface area contributed by atoms with Crippen LogP contribution >= 0.6 is 11.3 Å². The van der Waals surface area contributed by atoms with Gasteiger partial charge in [-0.2, -0.15) is 0 Å². The molecule has 0 atom stereocenters. The van der Waals surface area contributed by atoms with E-state index in [0.29, 0.717) is 44.0 Å². The number of amides is 2. The fourth-order valence-corrected chi connectivity index (χ4v) is 3.94. The topological polar surface area (TPSA) is 96.8 Å². The van der Waals surface area contributed by atoms with Gasteiger partial charge in [0.1, 0.15) is 10.5 Å². The third kappa shape index (κ3) is 3.72. The van der Waals surface area contributed by atoms with Gasteiger partial charge in [0, 0.05) is 13.0 Å². The molecule has 1 fully saturated rings. The molecule has 0 bridgehead atoms. The Balaban J connectivity index is 1.54. The summed E-state index contributed by atoms with van der Waals surface area (Å²) in [5.41, 5.74) is -0.678. The molecule has 1 saturated carbocycles. The van der Waals surface area contributed by atoms with Gasteiger partial charge in [0.15, 0.2) is 0 Å². The number of methoxy groups -OCH3 is 1. The van der Waals surface area contributed by atoms with E-state index in [0.717, 1.165) is 11.4 Å². The van der Waals surface area contributed by atoms with Crippen molar-refractivity contribution in [1.29, 1.82) is 0 Å². The van der Waals surface area contributed by atoms with Crippen molar-refractivity contribution in [2.75, 3.05) is 25.6 Å². The van der Waals surface area contributed by atoms with Crippen LogP contribution in [0.1, 0.15) is 37.6 Å². The molecule has 25 heavy (non-hydrogen) atoms. The molecule has 8 nitrogen and oxygen atoms in total. The molecule has 2 amide bonds. The lowest BCUT2D eigenvalue weighted by Gasteiger charge is -2.33. The summed E-state index contributed by atoms with van der Waals surface area (Å²) in [7, 11) is 1.61. The molecule has 0 aromatic carbocycles. The van der Waals surface area contributed by atoms with Crippen molar-refractivity contribution in [2.24, 2.45) is 10.9 Å². The molecule has 0 saturated heterocycles. The number of nitrogens with one attached hydrogen (secondary N) is 1. The third-order valence-corrected chi connectivity index (χ3v) is 5.81. The lowest BCUT2D eigenvalue weighted by Crippen LogP contribution is -2.45. The van der Waals surface area contributed by atoms with Gasteiger partial charge in [0.25, 0.3) is 5.91 Å². The number of aromatic nitrogens is 2. The van der Waals surface area contributed by atoms with Crippen molar-refractivity contribution in [3.8, 4) is 0 Å². The Hall–Kier alpha value is -1.87. The summed E-state index contributed by atoms with van der Waals surface area (Å²) in [5, 5.41) is 12.3.